The molecule has 0 unspecified atom stereocenters. The van der Waals surface area contributed by atoms with E-state index in [1.807, 2.05) is 56.3 Å². The lowest BCUT2D eigenvalue weighted by Crippen LogP contribution is -2.22. The summed E-state index contributed by atoms with van der Waals surface area (Å²) in [6.45, 7) is 4.38. The van der Waals surface area contributed by atoms with Crippen LogP contribution in [0.2, 0.25) is 0 Å². The normalized spacial score (nSPS) is 12.0. The van der Waals surface area contributed by atoms with Crippen molar-refractivity contribution in [1.82, 2.24) is 9.38 Å². The molecule has 0 N–H and O–H groups in total. The van der Waals surface area contributed by atoms with Crippen molar-refractivity contribution in [3.63, 3.8) is 0 Å². The minimum Gasteiger partial charge on any atom is -0.489 e. The van der Waals surface area contributed by atoms with Crippen molar-refractivity contribution in [2.45, 2.75) is 20.5 Å². The molecule has 0 amide bonds. The third-order valence-electron chi connectivity index (χ3n) is 5.58. The lowest BCUT2D eigenvalue weighted by Gasteiger charge is -2.06. The molecule has 5 rings (SSSR count). The van der Waals surface area contributed by atoms with Crippen molar-refractivity contribution in [2.24, 2.45) is 0 Å². The number of imidazole rings is 1. The van der Waals surface area contributed by atoms with Crippen molar-refractivity contribution in [2.75, 3.05) is 0 Å². The summed E-state index contributed by atoms with van der Waals surface area (Å²) in [5, 5.41) is 10.7. The van der Waals surface area contributed by atoms with E-state index in [1.165, 1.54) is 23.5 Å². The molecule has 164 valence electrons. The zero-order chi connectivity index (χ0) is 23.1. The second-order valence-corrected chi connectivity index (χ2v) is 8.86. The number of non-ortho nitro benzene ring substituents is 1. The minimum absolute atomic E-state index is 0.0515. The Morgan fingerprint density at radius 2 is 1.76 bits per heavy atom. The first-order valence-electron chi connectivity index (χ1n) is 10.3. The van der Waals surface area contributed by atoms with E-state index < -0.39 is 4.92 Å². The Hall–Kier alpha value is -4.04. The van der Waals surface area contributed by atoms with Crippen LogP contribution in [0.1, 0.15) is 22.3 Å². The zero-order valence-electron chi connectivity index (χ0n) is 17.9. The number of nitro groups is 1. The first-order chi connectivity index (χ1) is 15.9. The maximum atomic E-state index is 13.0. The molecule has 0 aliphatic carbocycles. The molecule has 0 fully saturated rings. The first kappa shape index (κ1) is 20.8. The first-order valence-corrected chi connectivity index (χ1v) is 11.1. The van der Waals surface area contributed by atoms with E-state index in [9.17, 15) is 14.9 Å². The Morgan fingerprint density at radius 1 is 1.06 bits per heavy atom. The Bertz CT molecular complexity index is 1620. The van der Waals surface area contributed by atoms with Gasteiger partial charge in [0.1, 0.15) is 12.4 Å². The van der Waals surface area contributed by atoms with E-state index in [0.29, 0.717) is 21.8 Å². The summed E-state index contributed by atoms with van der Waals surface area (Å²) in [4.78, 5) is 28.7. The average Bonchev–Trinajstić information content (AvgIpc) is 3.29. The van der Waals surface area contributed by atoms with Crippen molar-refractivity contribution in [3.05, 3.63) is 108 Å². The number of nitrogens with zero attached hydrogens (tertiary/aromatic N) is 3. The van der Waals surface area contributed by atoms with Gasteiger partial charge in [-0.25, -0.2) is 9.38 Å². The van der Waals surface area contributed by atoms with Gasteiger partial charge in [-0.1, -0.05) is 23.5 Å². The Morgan fingerprint density at radius 3 is 2.45 bits per heavy atom. The molecule has 0 saturated heterocycles. The van der Waals surface area contributed by atoms with Crippen LogP contribution < -0.4 is 14.8 Å². The number of thiazole rings is 1. The van der Waals surface area contributed by atoms with Crippen LogP contribution in [0.5, 0.6) is 5.75 Å². The average molecular weight is 458 g/mol. The summed E-state index contributed by atoms with van der Waals surface area (Å²) in [5.74, 6) is 0.672. The Kier molecular flexibility index (Phi) is 5.14. The van der Waals surface area contributed by atoms with Crippen LogP contribution in [0.25, 0.3) is 22.1 Å². The van der Waals surface area contributed by atoms with Crippen LogP contribution >= 0.6 is 11.3 Å². The van der Waals surface area contributed by atoms with Crippen LogP contribution in [0.15, 0.2) is 65.5 Å². The van der Waals surface area contributed by atoms with Gasteiger partial charge in [0, 0.05) is 12.1 Å². The SMILES string of the molecule is Cc1cc2nc3s/c(=C\c4ccc(OCc5ccc([N+](=O)[O-])cc5)cc4)c(=O)n3c2cc1C. The molecule has 33 heavy (non-hydrogen) atoms. The number of fused-ring (bicyclic) bond motifs is 3. The molecule has 0 saturated carbocycles. The Labute approximate surface area is 192 Å². The zero-order valence-corrected chi connectivity index (χ0v) is 18.8. The van der Waals surface area contributed by atoms with Crippen molar-refractivity contribution < 1.29 is 9.66 Å². The summed E-state index contributed by atoms with van der Waals surface area (Å²) in [6, 6.07) is 17.7. The quantitative estimate of drug-likeness (QED) is 0.285. The molecular weight excluding hydrogens is 438 g/mol. The summed E-state index contributed by atoms with van der Waals surface area (Å²) < 4.78 is 8.07. The maximum absolute atomic E-state index is 13.0. The molecule has 0 bridgehead atoms. The summed E-state index contributed by atoms with van der Waals surface area (Å²) >= 11 is 1.38. The van der Waals surface area contributed by atoms with Gasteiger partial charge in [0.2, 0.25) is 0 Å². The van der Waals surface area contributed by atoms with Crippen LogP contribution in [0.3, 0.4) is 0 Å². The molecule has 3 aromatic carbocycles. The smallest absolute Gasteiger partial charge is 0.274 e. The molecule has 0 spiro atoms. The fraction of sp³-hybridized carbons (Fsp3) is 0.120. The Balaban J connectivity index is 1.37. The number of aromatic nitrogens is 2. The molecule has 0 aliphatic heterocycles. The van der Waals surface area contributed by atoms with E-state index in [1.54, 1.807) is 16.5 Å². The van der Waals surface area contributed by atoms with Crippen molar-refractivity contribution in [3.8, 4) is 5.75 Å². The largest absolute Gasteiger partial charge is 0.489 e. The molecule has 0 aliphatic rings. The summed E-state index contributed by atoms with van der Waals surface area (Å²) in [6.07, 6.45) is 1.86. The van der Waals surface area contributed by atoms with Gasteiger partial charge in [0.25, 0.3) is 11.2 Å². The predicted molar refractivity (Wildman–Crippen MR) is 129 cm³/mol. The van der Waals surface area contributed by atoms with Crippen LogP contribution in [-0.2, 0) is 6.61 Å². The highest BCUT2D eigenvalue weighted by Crippen LogP contribution is 2.21. The van der Waals surface area contributed by atoms with Gasteiger partial charge >= 0.3 is 0 Å². The van der Waals surface area contributed by atoms with Gasteiger partial charge in [-0.05, 0) is 78.6 Å². The van der Waals surface area contributed by atoms with Crippen LogP contribution in [0.4, 0.5) is 5.69 Å². The van der Waals surface area contributed by atoms with E-state index >= 15 is 0 Å². The standard InChI is InChI=1S/C25H19N3O4S/c1-15-11-21-22(12-16(15)2)27-24(29)23(33-25(27)26-21)13-17-5-9-20(10-6-17)32-14-18-3-7-19(8-4-18)28(30)31/h3-13H,14H2,1-2H3/b23-13-. The maximum Gasteiger partial charge on any atom is 0.274 e. The highest BCUT2D eigenvalue weighted by Gasteiger charge is 2.12. The number of rotatable bonds is 5. The van der Waals surface area contributed by atoms with Gasteiger partial charge in [-0.15, -0.1) is 0 Å². The van der Waals surface area contributed by atoms with Gasteiger partial charge in [0.15, 0.2) is 4.96 Å². The summed E-state index contributed by atoms with van der Waals surface area (Å²) in [5.41, 5.74) is 5.66. The molecular formula is C25H19N3O4S. The highest BCUT2D eigenvalue weighted by atomic mass is 32.1. The number of hydrogen-bond donors (Lipinski definition) is 0. The van der Waals surface area contributed by atoms with E-state index in [0.717, 1.165) is 33.3 Å². The molecule has 2 aromatic heterocycles. The highest BCUT2D eigenvalue weighted by molar-refractivity contribution is 7.15. The van der Waals surface area contributed by atoms with Crippen molar-refractivity contribution in [1.29, 1.82) is 0 Å². The van der Waals surface area contributed by atoms with Gasteiger partial charge < -0.3 is 4.74 Å². The number of hydrogen-bond acceptors (Lipinski definition) is 6. The molecule has 7 nitrogen and oxygen atoms in total. The van der Waals surface area contributed by atoms with E-state index in [4.69, 9.17) is 4.74 Å². The minimum atomic E-state index is -0.428. The monoisotopic (exact) mass is 457 g/mol. The number of aryl methyl sites for hydroxylation is 2. The second kappa shape index (κ2) is 8.14. The van der Waals surface area contributed by atoms with Crippen LogP contribution in [-0.4, -0.2) is 14.3 Å². The van der Waals surface area contributed by atoms with E-state index in [2.05, 4.69) is 4.98 Å². The molecule has 0 radical (unpaired) electrons. The number of ether oxygens (including phenoxy) is 1. The lowest BCUT2D eigenvalue weighted by atomic mass is 10.1. The second-order valence-electron chi connectivity index (χ2n) is 7.85. The molecule has 0 atom stereocenters. The third kappa shape index (κ3) is 3.96. The summed E-state index contributed by atoms with van der Waals surface area (Å²) in [7, 11) is 0. The topological polar surface area (TPSA) is 86.7 Å². The number of nitro benzene ring substituents is 1. The predicted octanol–water partition coefficient (Wildman–Crippen LogP) is 4.56. The van der Waals surface area contributed by atoms with Gasteiger partial charge in [-0.2, -0.15) is 0 Å². The number of benzene rings is 3. The van der Waals surface area contributed by atoms with Gasteiger partial charge in [0.05, 0.1) is 20.5 Å². The lowest BCUT2D eigenvalue weighted by molar-refractivity contribution is -0.384. The fourth-order valence-electron chi connectivity index (χ4n) is 3.61. The van der Waals surface area contributed by atoms with Crippen LogP contribution in [0, 0.1) is 24.0 Å². The molecule has 8 heteroatoms. The van der Waals surface area contributed by atoms with Gasteiger partial charge in [-0.3, -0.25) is 14.9 Å². The molecule has 5 aromatic rings. The third-order valence-corrected chi connectivity index (χ3v) is 6.55. The molecule has 2 heterocycles. The van der Waals surface area contributed by atoms with E-state index in [-0.39, 0.29) is 11.2 Å². The fourth-order valence-corrected chi connectivity index (χ4v) is 4.60. The van der Waals surface area contributed by atoms with Crippen molar-refractivity contribution >= 4 is 39.1 Å².